The lowest BCUT2D eigenvalue weighted by atomic mass is 10.2. The summed E-state index contributed by atoms with van der Waals surface area (Å²) in [6.07, 6.45) is 6.40. The van der Waals surface area contributed by atoms with Crippen LogP contribution in [0.2, 0.25) is 0 Å². The summed E-state index contributed by atoms with van der Waals surface area (Å²) in [5, 5.41) is 0. The van der Waals surface area contributed by atoms with Gasteiger partial charge in [-0.1, -0.05) is 0 Å². The monoisotopic (exact) mass is 231 g/mol. The normalized spacial score (nSPS) is 21.2. The molecule has 0 aliphatic carbocycles. The van der Waals surface area contributed by atoms with E-state index in [0.717, 1.165) is 23.6 Å². The van der Waals surface area contributed by atoms with Crippen molar-refractivity contribution in [1.82, 2.24) is 14.3 Å². The van der Waals surface area contributed by atoms with Crippen molar-refractivity contribution in [2.45, 2.75) is 18.9 Å². The molecule has 3 heterocycles. The maximum absolute atomic E-state index is 5.36. The van der Waals surface area contributed by atoms with Crippen molar-refractivity contribution in [3.63, 3.8) is 0 Å². The summed E-state index contributed by atoms with van der Waals surface area (Å²) >= 11 is 0. The fourth-order valence-corrected chi connectivity index (χ4v) is 2.67. The molecular formula is C13H17N3O. The zero-order valence-corrected chi connectivity index (χ0v) is 10.3. The molecule has 1 aliphatic heterocycles. The molecule has 4 heteroatoms. The quantitative estimate of drug-likeness (QED) is 0.793. The van der Waals surface area contributed by atoms with Gasteiger partial charge >= 0.3 is 0 Å². The van der Waals surface area contributed by atoms with E-state index in [2.05, 4.69) is 27.5 Å². The molecule has 0 saturated carbocycles. The molecule has 1 aliphatic rings. The molecule has 4 nitrogen and oxygen atoms in total. The number of aromatic nitrogens is 2. The maximum atomic E-state index is 5.36. The number of hydrogen-bond acceptors (Lipinski definition) is 3. The second-order valence-electron chi connectivity index (χ2n) is 4.59. The number of rotatable bonds is 2. The van der Waals surface area contributed by atoms with E-state index in [9.17, 15) is 0 Å². The molecule has 0 bridgehead atoms. The minimum Gasteiger partial charge on any atom is -0.494 e. The standard InChI is InChI=1S/C13H17N3O/c1-15-7-3-5-10(15)13-14-9-11-12(17-2)6-4-8-16(11)13/h4,6,8-10H,3,5,7H2,1-2H3. The number of fused-ring (bicyclic) bond motifs is 1. The van der Waals surface area contributed by atoms with Gasteiger partial charge in [0.1, 0.15) is 17.1 Å². The molecule has 0 radical (unpaired) electrons. The average Bonchev–Trinajstić information content (AvgIpc) is 2.94. The number of imidazole rings is 1. The van der Waals surface area contributed by atoms with Crippen molar-refractivity contribution in [3.05, 3.63) is 30.4 Å². The molecule has 90 valence electrons. The first-order valence-electron chi connectivity index (χ1n) is 6.01. The Balaban J connectivity index is 2.12. The van der Waals surface area contributed by atoms with Crippen molar-refractivity contribution < 1.29 is 4.74 Å². The lowest BCUT2D eigenvalue weighted by molar-refractivity contribution is 0.305. The lowest BCUT2D eigenvalue weighted by Gasteiger charge is -2.18. The molecule has 2 aromatic rings. The number of methoxy groups -OCH3 is 1. The second-order valence-corrected chi connectivity index (χ2v) is 4.59. The Morgan fingerprint density at radius 3 is 3.06 bits per heavy atom. The van der Waals surface area contributed by atoms with Crippen molar-refractivity contribution in [2.75, 3.05) is 20.7 Å². The smallest absolute Gasteiger partial charge is 0.144 e. The highest BCUT2D eigenvalue weighted by Gasteiger charge is 2.26. The van der Waals surface area contributed by atoms with Crippen molar-refractivity contribution >= 4 is 5.52 Å². The molecule has 1 fully saturated rings. The number of nitrogens with zero attached hydrogens (tertiary/aromatic N) is 3. The van der Waals surface area contributed by atoms with Crippen molar-refractivity contribution in [2.24, 2.45) is 0 Å². The van der Waals surface area contributed by atoms with Gasteiger partial charge in [-0.2, -0.15) is 0 Å². The molecular weight excluding hydrogens is 214 g/mol. The van der Waals surface area contributed by atoms with Crippen LogP contribution in [-0.4, -0.2) is 35.0 Å². The molecule has 0 aromatic carbocycles. The maximum Gasteiger partial charge on any atom is 0.144 e. The van der Waals surface area contributed by atoms with Crippen LogP contribution in [0, 0.1) is 0 Å². The summed E-state index contributed by atoms with van der Waals surface area (Å²) in [6, 6.07) is 4.41. The van der Waals surface area contributed by atoms with Gasteiger partial charge in [-0.25, -0.2) is 4.98 Å². The zero-order chi connectivity index (χ0) is 11.8. The van der Waals surface area contributed by atoms with Gasteiger partial charge in [-0.15, -0.1) is 0 Å². The van der Waals surface area contributed by atoms with Gasteiger partial charge in [-0.05, 0) is 38.6 Å². The van der Waals surface area contributed by atoms with Gasteiger partial charge in [-0.3, -0.25) is 9.30 Å². The second kappa shape index (κ2) is 4.04. The molecule has 3 rings (SSSR count). The summed E-state index contributed by atoms with van der Waals surface area (Å²) in [5.41, 5.74) is 1.05. The number of ether oxygens (including phenoxy) is 1. The molecule has 1 saturated heterocycles. The molecule has 17 heavy (non-hydrogen) atoms. The third-order valence-electron chi connectivity index (χ3n) is 3.60. The Labute approximate surface area is 101 Å². The first-order chi connectivity index (χ1) is 8.31. The van der Waals surface area contributed by atoms with E-state index >= 15 is 0 Å². The number of hydrogen-bond donors (Lipinski definition) is 0. The Morgan fingerprint density at radius 2 is 2.35 bits per heavy atom. The molecule has 1 unspecified atom stereocenters. The van der Waals surface area contributed by atoms with E-state index in [0.29, 0.717) is 6.04 Å². The highest BCUT2D eigenvalue weighted by atomic mass is 16.5. The SMILES string of the molecule is COc1cccn2c(C3CCCN3C)ncc12. The van der Waals surface area contributed by atoms with Gasteiger partial charge in [0.2, 0.25) is 0 Å². The minimum atomic E-state index is 0.435. The fourth-order valence-electron chi connectivity index (χ4n) is 2.67. The molecule has 0 spiro atoms. The highest BCUT2D eigenvalue weighted by molar-refractivity contribution is 5.59. The third-order valence-corrected chi connectivity index (χ3v) is 3.60. The van der Waals surface area contributed by atoms with Gasteiger partial charge < -0.3 is 4.74 Å². The first-order valence-corrected chi connectivity index (χ1v) is 6.01. The van der Waals surface area contributed by atoms with E-state index in [4.69, 9.17) is 4.74 Å². The molecule has 0 N–H and O–H groups in total. The Kier molecular flexibility index (Phi) is 2.52. The van der Waals surface area contributed by atoms with E-state index in [1.807, 2.05) is 18.3 Å². The van der Waals surface area contributed by atoms with Crippen LogP contribution in [0.5, 0.6) is 5.75 Å². The van der Waals surface area contributed by atoms with Gasteiger partial charge in [0.05, 0.1) is 19.3 Å². The van der Waals surface area contributed by atoms with E-state index < -0.39 is 0 Å². The van der Waals surface area contributed by atoms with Crippen LogP contribution in [0.3, 0.4) is 0 Å². The van der Waals surface area contributed by atoms with Gasteiger partial charge in [0.15, 0.2) is 0 Å². The van der Waals surface area contributed by atoms with Crippen LogP contribution in [0.15, 0.2) is 24.5 Å². The van der Waals surface area contributed by atoms with Crippen LogP contribution in [0.4, 0.5) is 0 Å². The predicted octanol–water partition coefficient (Wildman–Crippen LogP) is 2.11. The molecule has 1 atom stereocenters. The Bertz CT molecular complexity index is 534. The third kappa shape index (κ3) is 1.60. The van der Waals surface area contributed by atoms with Crippen LogP contribution < -0.4 is 4.74 Å². The molecule has 0 amide bonds. The average molecular weight is 231 g/mol. The van der Waals surface area contributed by atoms with E-state index in [1.54, 1.807) is 7.11 Å². The summed E-state index contributed by atoms with van der Waals surface area (Å²) in [4.78, 5) is 6.95. The number of pyridine rings is 1. The first kappa shape index (κ1) is 10.6. The van der Waals surface area contributed by atoms with Crippen LogP contribution in [0.25, 0.3) is 5.52 Å². The fraction of sp³-hybridized carbons (Fsp3) is 0.462. The van der Waals surface area contributed by atoms with Crippen molar-refractivity contribution in [1.29, 1.82) is 0 Å². The van der Waals surface area contributed by atoms with Crippen LogP contribution >= 0.6 is 0 Å². The minimum absolute atomic E-state index is 0.435. The summed E-state index contributed by atoms with van der Waals surface area (Å²) in [6.45, 7) is 1.16. The predicted molar refractivity (Wildman–Crippen MR) is 66.3 cm³/mol. The van der Waals surface area contributed by atoms with Crippen LogP contribution in [0.1, 0.15) is 24.7 Å². The summed E-state index contributed by atoms with van der Waals surface area (Å²) < 4.78 is 7.50. The largest absolute Gasteiger partial charge is 0.494 e. The number of likely N-dealkylation sites (tertiary alicyclic amines) is 1. The zero-order valence-electron chi connectivity index (χ0n) is 10.3. The van der Waals surface area contributed by atoms with E-state index in [-0.39, 0.29) is 0 Å². The highest BCUT2D eigenvalue weighted by Crippen LogP contribution is 2.31. The van der Waals surface area contributed by atoms with Gasteiger partial charge in [0, 0.05) is 6.20 Å². The molecule has 2 aromatic heterocycles. The lowest BCUT2D eigenvalue weighted by Crippen LogP contribution is -2.19. The summed E-state index contributed by atoms with van der Waals surface area (Å²) in [5.74, 6) is 2.01. The van der Waals surface area contributed by atoms with E-state index in [1.165, 1.54) is 12.8 Å². The topological polar surface area (TPSA) is 29.8 Å². The Hall–Kier alpha value is -1.55. The van der Waals surface area contributed by atoms with Crippen LogP contribution in [-0.2, 0) is 0 Å². The summed E-state index contributed by atoms with van der Waals surface area (Å²) in [7, 11) is 3.86. The Morgan fingerprint density at radius 1 is 1.47 bits per heavy atom. The van der Waals surface area contributed by atoms with Gasteiger partial charge in [0.25, 0.3) is 0 Å². The van der Waals surface area contributed by atoms with Crippen molar-refractivity contribution in [3.8, 4) is 5.75 Å².